The molecule has 1 fully saturated rings. The van der Waals surface area contributed by atoms with Crippen LogP contribution in [0.15, 0.2) is 23.1 Å². The maximum Gasteiger partial charge on any atom is 0.251 e. The second-order valence-electron chi connectivity index (χ2n) is 7.48. The number of piperidine rings is 1. The van der Waals surface area contributed by atoms with E-state index in [4.69, 9.17) is 9.47 Å². The molecule has 1 aromatic carbocycles. The van der Waals surface area contributed by atoms with Gasteiger partial charge in [0.1, 0.15) is 10.6 Å². The number of carbonyl (C=O) groups excluding carboxylic acids is 2. The molecule has 2 amide bonds. The van der Waals surface area contributed by atoms with Gasteiger partial charge in [-0.2, -0.15) is 0 Å². The number of hydrogen-bond donors (Lipinski definition) is 2. The van der Waals surface area contributed by atoms with E-state index in [-0.39, 0.29) is 53.1 Å². The fourth-order valence-electron chi connectivity index (χ4n) is 3.26. The molecule has 10 heteroatoms. The van der Waals surface area contributed by atoms with Crippen molar-refractivity contribution >= 4 is 21.8 Å². The molecule has 9 nitrogen and oxygen atoms in total. The molecular formula is C20H31N3O6S. The monoisotopic (exact) mass is 441 g/mol. The standard InChI is InChI=1S/C20H31N3O6S/c1-14(2)20(25)23-10-7-16(8-11-23)22-19(24)15-5-6-17(29-4)18(13-15)30(26,27)21-9-12-28-3/h5-6,13-14,16,21H,7-12H2,1-4H3,(H,22,24). The molecule has 0 bridgehead atoms. The third-order valence-electron chi connectivity index (χ3n) is 4.95. The van der Waals surface area contributed by atoms with Gasteiger partial charge in [0, 0.05) is 44.3 Å². The summed E-state index contributed by atoms with van der Waals surface area (Å²) < 4.78 is 37.6. The average molecular weight is 442 g/mol. The highest BCUT2D eigenvalue weighted by molar-refractivity contribution is 7.89. The molecule has 2 rings (SSSR count). The zero-order valence-electron chi connectivity index (χ0n) is 17.9. The molecule has 0 radical (unpaired) electrons. The molecule has 0 aromatic heterocycles. The second kappa shape index (κ2) is 10.7. The smallest absolute Gasteiger partial charge is 0.251 e. The number of rotatable bonds is 9. The number of methoxy groups -OCH3 is 2. The van der Waals surface area contributed by atoms with Gasteiger partial charge in [-0.05, 0) is 31.0 Å². The maximum absolute atomic E-state index is 12.7. The van der Waals surface area contributed by atoms with E-state index in [0.717, 1.165) is 0 Å². The number of nitrogens with zero attached hydrogens (tertiary/aromatic N) is 1. The average Bonchev–Trinajstić information content (AvgIpc) is 2.73. The van der Waals surface area contributed by atoms with Crippen LogP contribution in [0.25, 0.3) is 0 Å². The zero-order valence-corrected chi connectivity index (χ0v) is 18.8. The van der Waals surface area contributed by atoms with Crippen molar-refractivity contribution in [3.8, 4) is 5.75 Å². The first-order valence-electron chi connectivity index (χ1n) is 9.96. The predicted molar refractivity (Wildman–Crippen MR) is 112 cm³/mol. The molecule has 2 N–H and O–H groups in total. The number of hydrogen-bond acceptors (Lipinski definition) is 6. The summed E-state index contributed by atoms with van der Waals surface area (Å²) >= 11 is 0. The maximum atomic E-state index is 12.7. The van der Waals surface area contributed by atoms with Crippen LogP contribution in [0.2, 0.25) is 0 Å². The largest absolute Gasteiger partial charge is 0.495 e. The van der Waals surface area contributed by atoms with Gasteiger partial charge in [-0.15, -0.1) is 0 Å². The molecular weight excluding hydrogens is 410 g/mol. The van der Waals surface area contributed by atoms with E-state index in [0.29, 0.717) is 25.9 Å². The zero-order chi connectivity index (χ0) is 22.3. The van der Waals surface area contributed by atoms with E-state index < -0.39 is 10.0 Å². The molecule has 30 heavy (non-hydrogen) atoms. The molecule has 1 aromatic rings. The molecule has 1 saturated heterocycles. The Kier molecular flexibility index (Phi) is 8.63. The van der Waals surface area contributed by atoms with E-state index >= 15 is 0 Å². The van der Waals surface area contributed by atoms with E-state index in [1.807, 2.05) is 18.7 Å². The highest BCUT2D eigenvalue weighted by atomic mass is 32.2. The lowest BCUT2D eigenvalue weighted by Crippen LogP contribution is -2.47. The summed E-state index contributed by atoms with van der Waals surface area (Å²) in [4.78, 5) is 26.5. The van der Waals surface area contributed by atoms with Crippen LogP contribution in [0.5, 0.6) is 5.75 Å². The van der Waals surface area contributed by atoms with Crippen LogP contribution in [0.3, 0.4) is 0 Å². The SMILES string of the molecule is COCCNS(=O)(=O)c1cc(C(=O)NC2CCN(C(=O)C(C)C)CC2)ccc1OC. The summed E-state index contributed by atoms with van der Waals surface area (Å²) in [6, 6.07) is 4.22. The molecule has 1 heterocycles. The molecule has 0 atom stereocenters. The number of carbonyl (C=O) groups is 2. The Bertz CT molecular complexity index is 848. The summed E-state index contributed by atoms with van der Waals surface area (Å²) in [5.74, 6) is -0.143. The van der Waals surface area contributed by atoms with E-state index in [1.54, 1.807) is 0 Å². The van der Waals surface area contributed by atoms with Gasteiger partial charge in [0.15, 0.2) is 0 Å². The molecule has 0 unspecified atom stereocenters. The Labute approximate surface area is 178 Å². The Hall–Kier alpha value is -2.17. The normalized spacial score (nSPS) is 15.3. The van der Waals surface area contributed by atoms with Crippen molar-refractivity contribution in [2.45, 2.75) is 37.6 Å². The minimum absolute atomic E-state index is 0.0479. The van der Waals surface area contributed by atoms with Gasteiger partial charge < -0.3 is 19.7 Å². The van der Waals surface area contributed by atoms with Crippen molar-refractivity contribution in [2.75, 3.05) is 40.5 Å². The first-order valence-corrected chi connectivity index (χ1v) is 11.4. The summed E-state index contributed by atoms with van der Waals surface area (Å²) in [5.41, 5.74) is 0.226. The number of benzene rings is 1. The minimum Gasteiger partial charge on any atom is -0.495 e. The lowest BCUT2D eigenvalue weighted by Gasteiger charge is -2.33. The van der Waals surface area contributed by atoms with Crippen molar-refractivity contribution in [3.05, 3.63) is 23.8 Å². The number of nitrogens with one attached hydrogen (secondary N) is 2. The Morgan fingerprint density at radius 2 is 1.87 bits per heavy atom. The number of ether oxygens (including phenoxy) is 2. The predicted octanol–water partition coefficient (Wildman–Crippen LogP) is 0.997. The third-order valence-corrected chi connectivity index (χ3v) is 6.43. The highest BCUT2D eigenvalue weighted by Crippen LogP contribution is 2.25. The van der Waals surface area contributed by atoms with Gasteiger partial charge in [-0.3, -0.25) is 9.59 Å². The first-order chi connectivity index (χ1) is 14.2. The molecule has 0 saturated carbocycles. The van der Waals surface area contributed by atoms with Crippen LogP contribution in [0.4, 0.5) is 0 Å². The Balaban J connectivity index is 2.07. The number of sulfonamides is 1. The topological polar surface area (TPSA) is 114 Å². The van der Waals surface area contributed by atoms with Crippen LogP contribution in [-0.4, -0.2) is 71.6 Å². The fourth-order valence-corrected chi connectivity index (χ4v) is 4.47. The highest BCUT2D eigenvalue weighted by Gasteiger charge is 2.26. The number of likely N-dealkylation sites (tertiary alicyclic amines) is 1. The van der Waals surface area contributed by atoms with Crippen molar-refractivity contribution in [2.24, 2.45) is 5.92 Å². The van der Waals surface area contributed by atoms with Gasteiger partial charge in [-0.1, -0.05) is 13.8 Å². The van der Waals surface area contributed by atoms with Crippen molar-refractivity contribution < 1.29 is 27.5 Å². The molecule has 168 valence electrons. The first kappa shape index (κ1) is 24.1. The van der Waals surface area contributed by atoms with E-state index in [9.17, 15) is 18.0 Å². The van der Waals surface area contributed by atoms with Gasteiger partial charge in [-0.25, -0.2) is 13.1 Å². The van der Waals surface area contributed by atoms with Gasteiger partial charge >= 0.3 is 0 Å². The summed E-state index contributed by atoms with van der Waals surface area (Å²) in [5, 5.41) is 2.94. The van der Waals surface area contributed by atoms with Crippen LogP contribution in [0.1, 0.15) is 37.0 Å². The van der Waals surface area contributed by atoms with Crippen molar-refractivity contribution in [1.82, 2.24) is 14.9 Å². The van der Waals surface area contributed by atoms with Gasteiger partial charge in [0.25, 0.3) is 5.91 Å². The van der Waals surface area contributed by atoms with E-state index in [1.165, 1.54) is 32.4 Å². The second-order valence-corrected chi connectivity index (χ2v) is 9.22. The van der Waals surface area contributed by atoms with Crippen LogP contribution in [-0.2, 0) is 19.6 Å². The quantitative estimate of drug-likeness (QED) is 0.553. The molecule has 1 aliphatic heterocycles. The van der Waals surface area contributed by atoms with Crippen molar-refractivity contribution in [1.29, 1.82) is 0 Å². The summed E-state index contributed by atoms with van der Waals surface area (Å²) in [7, 11) is -1.02. The van der Waals surface area contributed by atoms with Crippen LogP contribution < -0.4 is 14.8 Å². The lowest BCUT2D eigenvalue weighted by atomic mass is 10.0. The third kappa shape index (κ3) is 6.16. The van der Waals surface area contributed by atoms with Gasteiger partial charge in [0.05, 0.1) is 13.7 Å². The minimum atomic E-state index is -3.87. The van der Waals surface area contributed by atoms with E-state index in [2.05, 4.69) is 10.0 Å². The molecule has 0 aliphatic carbocycles. The molecule has 0 spiro atoms. The summed E-state index contributed by atoms with van der Waals surface area (Å²) in [6.45, 7) is 5.25. The Morgan fingerprint density at radius 1 is 1.20 bits per heavy atom. The van der Waals surface area contributed by atoms with Gasteiger partial charge in [0.2, 0.25) is 15.9 Å². The van der Waals surface area contributed by atoms with Crippen LogP contribution >= 0.6 is 0 Å². The fraction of sp³-hybridized carbons (Fsp3) is 0.600. The summed E-state index contributed by atoms with van der Waals surface area (Å²) in [6.07, 6.45) is 1.31. The van der Waals surface area contributed by atoms with Crippen molar-refractivity contribution in [3.63, 3.8) is 0 Å². The Morgan fingerprint density at radius 3 is 2.43 bits per heavy atom. The van der Waals surface area contributed by atoms with Crippen LogP contribution in [0, 0.1) is 5.92 Å². The molecule has 1 aliphatic rings. The number of amides is 2. The lowest BCUT2D eigenvalue weighted by molar-refractivity contribution is -0.135.